The van der Waals surface area contributed by atoms with Gasteiger partial charge in [-0.25, -0.2) is 12.7 Å². The van der Waals surface area contributed by atoms with Gasteiger partial charge in [-0.1, -0.05) is 18.2 Å². The number of para-hydroxylation sites is 1. The first-order valence-electron chi connectivity index (χ1n) is 8.10. The van der Waals surface area contributed by atoms with E-state index in [9.17, 15) is 13.2 Å². The fraction of sp³-hybridized carbons (Fsp3) is 0.588. The Hall–Kier alpha value is -1.60. The number of ether oxygens (including phenoxy) is 1. The number of carbonyl (C=O) groups excluding carboxylic acids is 1. The summed E-state index contributed by atoms with van der Waals surface area (Å²) in [6.07, 6.45) is 2.34. The molecule has 0 spiro atoms. The van der Waals surface area contributed by atoms with Crippen LogP contribution in [-0.2, 0) is 14.8 Å². The van der Waals surface area contributed by atoms with Gasteiger partial charge in [0.05, 0.1) is 19.4 Å². The van der Waals surface area contributed by atoms with Gasteiger partial charge in [0, 0.05) is 31.6 Å². The lowest BCUT2D eigenvalue weighted by molar-refractivity contribution is -0.137. The van der Waals surface area contributed by atoms with Crippen molar-refractivity contribution in [3.63, 3.8) is 0 Å². The normalized spacial score (nSPS) is 18.2. The van der Waals surface area contributed by atoms with Gasteiger partial charge < -0.3 is 9.64 Å². The highest BCUT2D eigenvalue weighted by molar-refractivity contribution is 7.88. The monoisotopic (exact) mass is 354 g/mol. The van der Waals surface area contributed by atoms with E-state index in [2.05, 4.69) is 0 Å². The number of sulfonamides is 1. The summed E-state index contributed by atoms with van der Waals surface area (Å²) in [5.41, 5.74) is 0.962. The third kappa shape index (κ3) is 4.08. The van der Waals surface area contributed by atoms with Crippen molar-refractivity contribution in [2.45, 2.75) is 25.8 Å². The van der Waals surface area contributed by atoms with Gasteiger partial charge in [0.15, 0.2) is 0 Å². The maximum absolute atomic E-state index is 12.8. The molecule has 6 nitrogen and oxygen atoms in total. The molecule has 0 saturated carbocycles. The van der Waals surface area contributed by atoms with Gasteiger partial charge in [0.25, 0.3) is 0 Å². The Balaban J connectivity index is 2.05. The van der Waals surface area contributed by atoms with Gasteiger partial charge in [-0.2, -0.15) is 0 Å². The Labute approximate surface area is 144 Å². The molecule has 0 aromatic heterocycles. The molecule has 0 radical (unpaired) electrons. The summed E-state index contributed by atoms with van der Waals surface area (Å²) in [6, 6.07) is 7.56. The van der Waals surface area contributed by atoms with Crippen molar-refractivity contribution in [1.29, 1.82) is 0 Å². The molecule has 1 atom stereocenters. The first-order chi connectivity index (χ1) is 11.3. The van der Waals surface area contributed by atoms with E-state index in [4.69, 9.17) is 4.74 Å². The predicted molar refractivity (Wildman–Crippen MR) is 93.3 cm³/mol. The molecule has 7 heteroatoms. The summed E-state index contributed by atoms with van der Waals surface area (Å²) in [4.78, 5) is 14.5. The number of amides is 1. The minimum Gasteiger partial charge on any atom is -0.496 e. The molecule has 1 saturated heterocycles. The van der Waals surface area contributed by atoms with E-state index in [1.54, 1.807) is 19.1 Å². The fourth-order valence-corrected chi connectivity index (χ4v) is 4.01. The number of rotatable bonds is 5. The third-order valence-electron chi connectivity index (χ3n) is 4.79. The van der Waals surface area contributed by atoms with Gasteiger partial charge in [0.1, 0.15) is 5.75 Å². The molecule has 1 heterocycles. The zero-order valence-corrected chi connectivity index (χ0v) is 15.5. The van der Waals surface area contributed by atoms with Crippen LogP contribution in [0.4, 0.5) is 0 Å². The van der Waals surface area contributed by atoms with Crippen LogP contribution < -0.4 is 4.74 Å². The Bertz CT molecular complexity index is 682. The summed E-state index contributed by atoms with van der Waals surface area (Å²) >= 11 is 0. The van der Waals surface area contributed by atoms with Crippen LogP contribution >= 0.6 is 0 Å². The van der Waals surface area contributed by atoms with Crippen LogP contribution in [0.25, 0.3) is 0 Å². The van der Waals surface area contributed by atoms with Crippen LogP contribution in [0.2, 0.25) is 0 Å². The van der Waals surface area contributed by atoms with Crippen molar-refractivity contribution >= 4 is 15.9 Å². The van der Waals surface area contributed by atoms with E-state index in [1.807, 2.05) is 31.2 Å². The van der Waals surface area contributed by atoms with E-state index in [1.165, 1.54) is 10.6 Å². The van der Waals surface area contributed by atoms with E-state index in [0.717, 1.165) is 11.3 Å². The molecule has 1 amide bonds. The van der Waals surface area contributed by atoms with E-state index in [0.29, 0.717) is 25.9 Å². The molecule has 0 bridgehead atoms. The van der Waals surface area contributed by atoms with Crippen molar-refractivity contribution in [3.05, 3.63) is 29.8 Å². The first kappa shape index (κ1) is 18.7. The quantitative estimate of drug-likeness (QED) is 0.810. The highest BCUT2D eigenvalue weighted by atomic mass is 32.2. The number of hydrogen-bond donors (Lipinski definition) is 0. The van der Waals surface area contributed by atoms with Crippen molar-refractivity contribution < 1.29 is 17.9 Å². The first-order valence-corrected chi connectivity index (χ1v) is 9.95. The maximum atomic E-state index is 12.8. The molecular weight excluding hydrogens is 328 g/mol. The Morgan fingerprint density at radius 1 is 1.29 bits per heavy atom. The average Bonchev–Trinajstić information content (AvgIpc) is 2.59. The molecule has 0 N–H and O–H groups in total. The fourth-order valence-electron chi connectivity index (χ4n) is 3.13. The third-order valence-corrected chi connectivity index (χ3v) is 6.09. The lowest BCUT2D eigenvalue weighted by Crippen LogP contribution is -2.43. The van der Waals surface area contributed by atoms with E-state index in [-0.39, 0.29) is 17.9 Å². The standard InChI is InChI=1S/C17H26N2O4S/c1-13(15-7-5-6-8-16(15)23-3)18(2)17(20)14-9-11-19(12-10-14)24(4,21)22/h5-8,13-14H,9-12H2,1-4H3. The van der Waals surface area contributed by atoms with Gasteiger partial charge in [-0.3, -0.25) is 4.79 Å². The topological polar surface area (TPSA) is 66.9 Å². The zero-order valence-electron chi connectivity index (χ0n) is 14.7. The summed E-state index contributed by atoms with van der Waals surface area (Å²) in [5, 5.41) is 0. The molecule has 1 aliphatic rings. The minimum atomic E-state index is -3.17. The largest absolute Gasteiger partial charge is 0.496 e. The van der Waals surface area contributed by atoms with Crippen molar-refractivity contribution in [2.75, 3.05) is 33.5 Å². The molecule has 1 aromatic rings. The van der Waals surface area contributed by atoms with Gasteiger partial charge in [-0.15, -0.1) is 0 Å². The average molecular weight is 354 g/mol. The molecule has 134 valence electrons. The van der Waals surface area contributed by atoms with E-state index < -0.39 is 10.0 Å². The molecule has 1 unspecified atom stereocenters. The highest BCUT2D eigenvalue weighted by Gasteiger charge is 2.32. The zero-order chi connectivity index (χ0) is 17.9. The summed E-state index contributed by atoms with van der Waals surface area (Å²) in [6.45, 7) is 2.79. The number of benzene rings is 1. The van der Waals surface area contributed by atoms with Crippen LogP contribution in [0.15, 0.2) is 24.3 Å². The number of nitrogens with zero attached hydrogens (tertiary/aromatic N) is 2. The Morgan fingerprint density at radius 3 is 2.42 bits per heavy atom. The minimum absolute atomic E-state index is 0.0570. The second kappa shape index (κ2) is 7.53. The Morgan fingerprint density at radius 2 is 1.88 bits per heavy atom. The predicted octanol–water partition coefficient (Wildman–Crippen LogP) is 1.89. The van der Waals surface area contributed by atoms with Crippen molar-refractivity contribution in [2.24, 2.45) is 5.92 Å². The molecular formula is C17H26N2O4S. The lowest BCUT2D eigenvalue weighted by atomic mass is 9.95. The van der Waals surface area contributed by atoms with Crippen LogP contribution in [-0.4, -0.2) is 57.0 Å². The van der Waals surface area contributed by atoms with Crippen LogP contribution in [0.3, 0.4) is 0 Å². The summed E-state index contributed by atoms with van der Waals surface area (Å²) < 4.78 is 30.0. The van der Waals surface area contributed by atoms with E-state index >= 15 is 0 Å². The number of methoxy groups -OCH3 is 1. The van der Waals surface area contributed by atoms with Crippen LogP contribution in [0.1, 0.15) is 31.4 Å². The van der Waals surface area contributed by atoms with Crippen molar-refractivity contribution in [1.82, 2.24) is 9.21 Å². The number of carbonyl (C=O) groups is 1. The number of piperidine rings is 1. The molecule has 1 aliphatic heterocycles. The summed E-state index contributed by atoms with van der Waals surface area (Å²) in [5.74, 6) is 0.684. The summed E-state index contributed by atoms with van der Waals surface area (Å²) in [7, 11) is 0.242. The smallest absolute Gasteiger partial charge is 0.226 e. The maximum Gasteiger partial charge on any atom is 0.226 e. The van der Waals surface area contributed by atoms with Crippen LogP contribution in [0.5, 0.6) is 5.75 Å². The second-order valence-corrected chi connectivity index (χ2v) is 8.29. The van der Waals surface area contributed by atoms with Crippen LogP contribution in [0, 0.1) is 5.92 Å². The molecule has 0 aliphatic carbocycles. The molecule has 1 aromatic carbocycles. The molecule has 2 rings (SSSR count). The molecule has 24 heavy (non-hydrogen) atoms. The SMILES string of the molecule is COc1ccccc1C(C)N(C)C(=O)C1CCN(S(C)(=O)=O)CC1. The van der Waals surface area contributed by atoms with Gasteiger partial charge in [-0.05, 0) is 25.8 Å². The molecule has 1 fully saturated rings. The van der Waals surface area contributed by atoms with Crippen molar-refractivity contribution in [3.8, 4) is 5.75 Å². The second-order valence-electron chi connectivity index (χ2n) is 6.30. The number of hydrogen-bond acceptors (Lipinski definition) is 4. The van der Waals surface area contributed by atoms with Gasteiger partial charge >= 0.3 is 0 Å². The van der Waals surface area contributed by atoms with Gasteiger partial charge in [0.2, 0.25) is 15.9 Å². The lowest BCUT2D eigenvalue weighted by Gasteiger charge is -2.34. The highest BCUT2D eigenvalue weighted by Crippen LogP contribution is 2.30. The Kier molecular flexibility index (Phi) is 5.87.